The van der Waals surface area contributed by atoms with Crippen molar-refractivity contribution in [2.75, 3.05) is 0 Å². The number of carbonyl (C=O) groups excluding carboxylic acids is 1. The Morgan fingerprint density at radius 2 is 1.92 bits per heavy atom. The van der Waals surface area contributed by atoms with Gasteiger partial charge in [0.05, 0.1) is 10.9 Å². The highest BCUT2D eigenvalue weighted by Crippen LogP contribution is 2.31. The summed E-state index contributed by atoms with van der Waals surface area (Å²) in [7, 11) is 0. The number of benzene rings is 1. The third kappa shape index (κ3) is 3.52. The molecule has 6 nitrogen and oxygen atoms in total. The van der Waals surface area contributed by atoms with Gasteiger partial charge in [-0.1, -0.05) is 26.0 Å². The number of aryl methyl sites for hydroxylation is 1. The van der Waals surface area contributed by atoms with Crippen LogP contribution < -0.4 is 11.2 Å². The standard InChI is InChI=1S/C19H25N3O3/c1-12(2)13(3)22(14-8-9-14)17(23)10-11-21-16-7-5-4-6-15(16)18(24)20-19(21)25/h4-7,12-14H,8-11H2,1-3H3,(H,20,24,25)/t13-/m1/s1. The summed E-state index contributed by atoms with van der Waals surface area (Å²) in [4.78, 5) is 41.2. The number of nitrogens with one attached hydrogen (secondary N) is 1. The third-order valence-corrected chi connectivity index (χ3v) is 5.09. The van der Waals surface area contributed by atoms with E-state index < -0.39 is 11.2 Å². The summed E-state index contributed by atoms with van der Waals surface area (Å²) in [5.74, 6) is 0.465. The number of H-pyrrole nitrogens is 1. The number of hydrogen-bond donors (Lipinski definition) is 1. The van der Waals surface area contributed by atoms with E-state index in [0.717, 1.165) is 12.8 Å². The molecule has 1 fully saturated rings. The summed E-state index contributed by atoms with van der Waals surface area (Å²) in [6, 6.07) is 7.50. The number of fused-ring (bicyclic) bond motifs is 1. The van der Waals surface area contributed by atoms with Crippen molar-refractivity contribution in [3.8, 4) is 0 Å². The first-order valence-electron chi connectivity index (χ1n) is 8.93. The summed E-state index contributed by atoms with van der Waals surface area (Å²) in [5.41, 5.74) is -0.290. The first-order chi connectivity index (χ1) is 11.9. The fourth-order valence-corrected chi connectivity index (χ4v) is 3.24. The lowest BCUT2D eigenvalue weighted by atomic mass is 10.0. The maximum atomic E-state index is 12.8. The van der Waals surface area contributed by atoms with Crippen LogP contribution in [0, 0.1) is 5.92 Å². The molecule has 1 aromatic carbocycles. The zero-order chi connectivity index (χ0) is 18.1. The van der Waals surface area contributed by atoms with Crippen molar-refractivity contribution in [1.29, 1.82) is 0 Å². The summed E-state index contributed by atoms with van der Waals surface area (Å²) in [5, 5.41) is 0.462. The molecule has 0 aliphatic heterocycles. The lowest BCUT2D eigenvalue weighted by molar-refractivity contribution is -0.135. The summed E-state index contributed by atoms with van der Waals surface area (Å²) in [6.07, 6.45) is 2.37. The van der Waals surface area contributed by atoms with E-state index in [0.29, 0.717) is 22.9 Å². The minimum Gasteiger partial charge on any atom is -0.337 e. The van der Waals surface area contributed by atoms with E-state index in [4.69, 9.17) is 0 Å². The van der Waals surface area contributed by atoms with Crippen LogP contribution in [0.1, 0.15) is 40.0 Å². The predicted octanol–water partition coefficient (Wildman–Crippen LogP) is 2.12. The van der Waals surface area contributed by atoms with Crippen LogP contribution >= 0.6 is 0 Å². The average molecular weight is 343 g/mol. The highest BCUT2D eigenvalue weighted by molar-refractivity contribution is 5.79. The number of aromatic amines is 1. The van der Waals surface area contributed by atoms with Crippen LogP contribution in [0.15, 0.2) is 33.9 Å². The second-order valence-electron chi connectivity index (χ2n) is 7.19. The smallest absolute Gasteiger partial charge is 0.328 e. The molecule has 0 saturated heterocycles. The van der Waals surface area contributed by atoms with E-state index in [-0.39, 0.29) is 24.9 Å². The lowest BCUT2D eigenvalue weighted by Crippen LogP contribution is -2.43. The fraction of sp³-hybridized carbons (Fsp3) is 0.526. The number of para-hydroxylation sites is 1. The maximum Gasteiger partial charge on any atom is 0.328 e. The van der Waals surface area contributed by atoms with Crippen LogP contribution in [0.5, 0.6) is 0 Å². The average Bonchev–Trinajstić information content (AvgIpc) is 3.39. The van der Waals surface area contributed by atoms with Crippen molar-refractivity contribution < 1.29 is 4.79 Å². The topological polar surface area (TPSA) is 75.2 Å². The number of hydrogen-bond acceptors (Lipinski definition) is 3. The molecule has 0 radical (unpaired) electrons. The Bertz CT molecular complexity index is 893. The molecule has 134 valence electrons. The molecule has 1 saturated carbocycles. The quantitative estimate of drug-likeness (QED) is 0.873. The monoisotopic (exact) mass is 343 g/mol. The second kappa shape index (κ2) is 6.86. The molecule has 1 amide bonds. The molecule has 6 heteroatoms. The van der Waals surface area contributed by atoms with Gasteiger partial charge < -0.3 is 4.90 Å². The normalized spacial score (nSPS) is 15.5. The number of rotatable bonds is 6. The molecule has 1 heterocycles. The molecule has 1 atom stereocenters. The molecular formula is C19H25N3O3. The van der Waals surface area contributed by atoms with Crippen LogP contribution in [-0.2, 0) is 11.3 Å². The van der Waals surface area contributed by atoms with E-state index in [1.54, 1.807) is 24.3 Å². The Morgan fingerprint density at radius 1 is 1.24 bits per heavy atom. The van der Waals surface area contributed by atoms with E-state index in [9.17, 15) is 14.4 Å². The van der Waals surface area contributed by atoms with E-state index in [1.165, 1.54) is 4.57 Å². The molecule has 25 heavy (non-hydrogen) atoms. The van der Waals surface area contributed by atoms with Crippen LogP contribution in [0.25, 0.3) is 10.9 Å². The van der Waals surface area contributed by atoms with Gasteiger partial charge in [0.15, 0.2) is 0 Å². The van der Waals surface area contributed by atoms with Gasteiger partial charge in [0.2, 0.25) is 5.91 Å². The van der Waals surface area contributed by atoms with Gasteiger partial charge in [-0.2, -0.15) is 0 Å². The first-order valence-corrected chi connectivity index (χ1v) is 8.93. The largest absolute Gasteiger partial charge is 0.337 e. The third-order valence-electron chi connectivity index (χ3n) is 5.09. The van der Waals surface area contributed by atoms with E-state index in [1.807, 2.05) is 4.90 Å². The van der Waals surface area contributed by atoms with Crippen LogP contribution in [0.4, 0.5) is 0 Å². The van der Waals surface area contributed by atoms with Crippen molar-refractivity contribution in [1.82, 2.24) is 14.5 Å². The lowest BCUT2D eigenvalue weighted by Gasteiger charge is -2.32. The molecule has 1 N–H and O–H groups in total. The second-order valence-corrected chi connectivity index (χ2v) is 7.19. The van der Waals surface area contributed by atoms with Crippen molar-refractivity contribution in [3.05, 3.63) is 45.1 Å². The highest BCUT2D eigenvalue weighted by Gasteiger charge is 2.36. The molecule has 1 aliphatic rings. The molecule has 3 rings (SSSR count). The van der Waals surface area contributed by atoms with Gasteiger partial charge in [0, 0.05) is 25.0 Å². The maximum absolute atomic E-state index is 12.8. The van der Waals surface area contributed by atoms with Crippen molar-refractivity contribution in [2.24, 2.45) is 5.92 Å². The summed E-state index contributed by atoms with van der Waals surface area (Å²) >= 11 is 0. The van der Waals surface area contributed by atoms with Gasteiger partial charge in [-0.3, -0.25) is 19.1 Å². The SMILES string of the molecule is CC(C)[C@@H](C)N(C(=O)CCn1c(=O)[nH]c(=O)c2ccccc21)C1CC1. The van der Waals surface area contributed by atoms with Gasteiger partial charge in [0.1, 0.15) is 0 Å². The number of aromatic nitrogens is 2. The molecule has 1 aliphatic carbocycles. The Kier molecular flexibility index (Phi) is 4.79. The van der Waals surface area contributed by atoms with Gasteiger partial charge in [-0.15, -0.1) is 0 Å². The molecule has 0 spiro atoms. The van der Waals surface area contributed by atoms with Gasteiger partial charge in [-0.25, -0.2) is 4.79 Å². The fourth-order valence-electron chi connectivity index (χ4n) is 3.24. The van der Waals surface area contributed by atoms with Crippen molar-refractivity contribution in [3.63, 3.8) is 0 Å². The Labute approximate surface area is 146 Å². The minimum atomic E-state index is -0.466. The van der Waals surface area contributed by atoms with Crippen LogP contribution in [0.2, 0.25) is 0 Å². The van der Waals surface area contributed by atoms with E-state index >= 15 is 0 Å². The van der Waals surface area contributed by atoms with Crippen molar-refractivity contribution >= 4 is 16.8 Å². The number of carbonyl (C=O) groups is 1. The van der Waals surface area contributed by atoms with Gasteiger partial charge >= 0.3 is 5.69 Å². The van der Waals surface area contributed by atoms with Gasteiger partial charge in [-0.05, 0) is 37.8 Å². The molecule has 2 aromatic rings. The molecular weight excluding hydrogens is 318 g/mol. The number of amides is 1. The van der Waals surface area contributed by atoms with Gasteiger partial charge in [0.25, 0.3) is 5.56 Å². The van der Waals surface area contributed by atoms with Crippen LogP contribution in [-0.4, -0.2) is 32.4 Å². The molecule has 1 aromatic heterocycles. The number of nitrogens with zero attached hydrogens (tertiary/aromatic N) is 2. The highest BCUT2D eigenvalue weighted by atomic mass is 16.2. The zero-order valence-corrected chi connectivity index (χ0v) is 15.0. The Morgan fingerprint density at radius 3 is 2.56 bits per heavy atom. The summed E-state index contributed by atoms with van der Waals surface area (Å²) < 4.78 is 1.49. The summed E-state index contributed by atoms with van der Waals surface area (Å²) in [6.45, 7) is 6.59. The molecule has 0 unspecified atom stereocenters. The Hall–Kier alpha value is -2.37. The Balaban J connectivity index is 1.84. The van der Waals surface area contributed by atoms with Crippen LogP contribution in [0.3, 0.4) is 0 Å². The molecule has 0 bridgehead atoms. The zero-order valence-electron chi connectivity index (χ0n) is 15.0. The minimum absolute atomic E-state index is 0.0749. The van der Waals surface area contributed by atoms with E-state index in [2.05, 4.69) is 25.8 Å². The predicted molar refractivity (Wildman–Crippen MR) is 97.6 cm³/mol. The first kappa shape index (κ1) is 17.5. The van der Waals surface area contributed by atoms with Crippen molar-refractivity contribution in [2.45, 2.75) is 58.7 Å².